The minimum atomic E-state index is -4.86. The van der Waals surface area contributed by atoms with Gasteiger partial charge in [0.05, 0.1) is 19.3 Å². The molecule has 0 radical (unpaired) electrons. The lowest BCUT2D eigenvalue weighted by Gasteiger charge is -2.29. The van der Waals surface area contributed by atoms with Crippen molar-refractivity contribution < 1.29 is 41.7 Å². The summed E-state index contributed by atoms with van der Waals surface area (Å²) >= 11 is 0. The smallest absolute Gasteiger partial charge is 0.422 e. The van der Waals surface area contributed by atoms with Crippen molar-refractivity contribution in [3.8, 4) is 0 Å². The number of halogens is 3. The third-order valence-electron chi connectivity index (χ3n) is 4.47. The largest absolute Gasteiger partial charge is 0.465 e. The summed E-state index contributed by atoms with van der Waals surface area (Å²) in [5, 5.41) is 0. The van der Waals surface area contributed by atoms with E-state index in [9.17, 15) is 22.8 Å². The van der Waals surface area contributed by atoms with Gasteiger partial charge in [0.15, 0.2) is 6.10 Å². The van der Waals surface area contributed by atoms with Gasteiger partial charge in [-0.05, 0) is 0 Å². The topological polar surface area (TPSA) is 71.1 Å². The predicted molar refractivity (Wildman–Crippen MR) is 67.1 cm³/mol. The molecule has 0 aliphatic carbocycles. The van der Waals surface area contributed by atoms with Gasteiger partial charge in [0.1, 0.15) is 17.8 Å². The molecular weight excluding hydrogens is 321 g/mol. The Morgan fingerprint density at radius 2 is 1.96 bits per heavy atom. The van der Waals surface area contributed by atoms with E-state index in [-0.39, 0.29) is 24.5 Å². The molecule has 6 nitrogen and oxygen atoms in total. The van der Waals surface area contributed by atoms with Crippen molar-refractivity contribution in [3.63, 3.8) is 0 Å². The molecule has 0 spiro atoms. The summed E-state index contributed by atoms with van der Waals surface area (Å²) in [5.41, 5.74) is -1.58. The van der Waals surface area contributed by atoms with Gasteiger partial charge in [-0.3, -0.25) is 4.79 Å². The Bertz CT molecular complexity index is 545. The summed E-state index contributed by atoms with van der Waals surface area (Å²) < 4.78 is 58.6. The molecule has 0 N–H and O–H groups in total. The molecule has 3 aliphatic rings. The van der Waals surface area contributed by atoms with Crippen LogP contribution in [0.5, 0.6) is 0 Å². The molecule has 3 aliphatic heterocycles. The highest BCUT2D eigenvalue weighted by Gasteiger charge is 2.65. The zero-order valence-corrected chi connectivity index (χ0v) is 12.2. The van der Waals surface area contributed by atoms with Crippen molar-refractivity contribution in [1.82, 2.24) is 0 Å². The fourth-order valence-corrected chi connectivity index (χ4v) is 3.39. The zero-order valence-electron chi connectivity index (χ0n) is 12.2. The maximum absolute atomic E-state index is 12.5. The standard InChI is InChI=1S/C14H15F3O6/c1-5(14(15,16)17)13(19)23-12-10-7(3-20-6(2)18)8-4-21-11(12)9(8)22-10/h7-12H,1,3-4H2,2H3. The third-order valence-corrected chi connectivity index (χ3v) is 4.47. The highest BCUT2D eigenvalue weighted by Crippen LogP contribution is 2.50. The van der Waals surface area contributed by atoms with Gasteiger partial charge in [-0.2, -0.15) is 13.2 Å². The second-order valence-corrected chi connectivity index (χ2v) is 5.84. The molecule has 23 heavy (non-hydrogen) atoms. The molecule has 3 saturated heterocycles. The monoisotopic (exact) mass is 336 g/mol. The van der Waals surface area contributed by atoms with E-state index in [1.807, 2.05) is 0 Å². The quantitative estimate of drug-likeness (QED) is 0.563. The summed E-state index contributed by atoms with van der Waals surface area (Å²) in [6.45, 7) is 4.35. The van der Waals surface area contributed by atoms with E-state index in [4.69, 9.17) is 18.9 Å². The van der Waals surface area contributed by atoms with Crippen LogP contribution in [0, 0.1) is 11.8 Å². The van der Waals surface area contributed by atoms with E-state index < -0.39 is 42.0 Å². The summed E-state index contributed by atoms with van der Waals surface area (Å²) in [5.74, 6) is -2.32. The van der Waals surface area contributed by atoms with Crippen molar-refractivity contribution in [3.05, 3.63) is 12.2 Å². The van der Waals surface area contributed by atoms with Crippen LogP contribution in [0.4, 0.5) is 13.2 Å². The first-order valence-corrected chi connectivity index (χ1v) is 7.07. The van der Waals surface area contributed by atoms with Gasteiger partial charge in [-0.15, -0.1) is 0 Å². The second kappa shape index (κ2) is 5.48. The van der Waals surface area contributed by atoms with Crippen LogP contribution in [0.2, 0.25) is 0 Å². The lowest BCUT2D eigenvalue weighted by molar-refractivity contribution is -0.163. The lowest BCUT2D eigenvalue weighted by Crippen LogP contribution is -2.46. The second-order valence-electron chi connectivity index (χ2n) is 5.84. The molecule has 0 aromatic rings. The minimum Gasteiger partial charge on any atom is -0.465 e. The van der Waals surface area contributed by atoms with Gasteiger partial charge in [0.25, 0.3) is 0 Å². The van der Waals surface area contributed by atoms with E-state index in [1.54, 1.807) is 0 Å². The molecule has 0 aromatic carbocycles. The Kier molecular flexibility index (Phi) is 3.88. The molecule has 6 unspecified atom stereocenters. The van der Waals surface area contributed by atoms with E-state index >= 15 is 0 Å². The molecule has 9 heteroatoms. The average molecular weight is 336 g/mol. The lowest BCUT2D eigenvalue weighted by atomic mass is 9.79. The van der Waals surface area contributed by atoms with Crippen LogP contribution < -0.4 is 0 Å². The summed E-state index contributed by atoms with van der Waals surface area (Å²) in [6.07, 6.45) is -7.43. The Morgan fingerprint density at radius 3 is 2.57 bits per heavy atom. The molecule has 0 amide bonds. The number of carbonyl (C=O) groups excluding carboxylic acids is 2. The van der Waals surface area contributed by atoms with Crippen LogP contribution in [0.1, 0.15) is 6.92 Å². The Balaban J connectivity index is 1.70. The fraction of sp³-hybridized carbons (Fsp3) is 0.714. The first-order chi connectivity index (χ1) is 10.7. The van der Waals surface area contributed by atoms with E-state index in [0.717, 1.165) is 0 Å². The van der Waals surface area contributed by atoms with Gasteiger partial charge < -0.3 is 18.9 Å². The first kappa shape index (κ1) is 16.3. The van der Waals surface area contributed by atoms with Gasteiger partial charge in [-0.25, -0.2) is 4.79 Å². The first-order valence-electron chi connectivity index (χ1n) is 7.07. The number of ether oxygens (including phenoxy) is 4. The van der Waals surface area contributed by atoms with Crippen LogP contribution in [-0.2, 0) is 28.5 Å². The molecule has 0 saturated carbocycles. The number of esters is 2. The van der Waals surface area contributed by atoms with Crippen molar-refractivity contribution in [2.45, 2.75) is 37.5 Å². The maximum atomic E-state index is 12.5. The van der Waals surface area contributed by atoms with Gasteiger partial charge in [-0.1, -0.05) is 6.58 Å². The summed E-state index contributed by atoms with van der Waals surface area (Å²) in [6, 6.07) is 0. The maximum Gasteiger partial charge on any atom is 0.422 e. The third kappa shape index (κ3) is 2.72. The predicted octanol–water partition coefficient (Wildman–Crippen LogP) is 0.992. The SMILES string of the molecule is C=C(C(=O)OC1C2OC3C(COC31)C2COC(C)=O)C(F)(F)F. The van der Waals surface area contributed by atoms with Crippen LogP contribution in [0.25, 0.3) is 0 Å². The Morgan fingerprint density at radius 1 is 1.26 bits per heavy atom. The number of alkyl halides is 3. The normalized spacial score (nSPS) is 37.7. The van der Waals surface area contributed by atoms with E-state index in [2.05, 4.69) is 6.58 Å². The molecule has 3 fully saturated rings. The molecular formula is C14H15F3O6. The Hall–Kier alpha value is -1.61. The highest BCUT2D eigenvalue weighted by atomic mass is 19.4. The van der Waals surface area contributed by atoms with Crippen LogP contribution >= 0.6 is 0 Å². The molecule has 3 rings (SSSR count). The molecule has 3 heterocycles. The molecule has 0 aromatic heterocycles. The molecule has 6 atom stereocenters. The van der Waals surface area contributed by atoms with Gasteiger partial charge >= 0.3 is 18.1 Å². The van der Waals surface area contributed by atoms with Crippen LogP contribution in [-0.4, -0.2) is 55.7 Å². The van der Waals surface area contributed by atoms with Crippen molar-refractivity contribution in [1.29, 1.82) is 0 Å². The van der Waals surface area contributed by atoms with Crippen LogP contribution in [0.3, 0.4) is 0 Å². The molecule has 128 valence electrons. The number of hydrogen-bond donors (Lipinski definition) is 0. The van der Waals surface area contributed by atoms with E-state index in [1.165, 1.54) is 6.92 Å². The number of rotatable bonds is 4. The number of fused-ring (bicyclic) bond motifs is 1. The highest BCUT2D eigenvalue weighted by molar-refractivity contribution is 5.89. The summed E-state index contributed by atoms with van der Waals surface area (Å²) in [7, 11) is 0. The number of carbonyl (C=O) groups is 2. The van der Waals surface area contributed by atoms with Crippen molar-refractivity contribution in [2.75, 3.05) is 13.2 Å². The van der Waals surface area contributed by atoms with Gasteiger partial charge in [0, 0.05) is 18.8 Å². The fourth-order valence-electron chi connectivity index (χ4n) is 3.39. The van der Waals surface area contributed by atoms with Crippen molar-refractivity contribution >= 4 is 11.9 Å². The minimum absolute atomic E-state index is 0.0230. The summed E-state index contributed by atoms with van der Waals surface area (Å²) in [4.78, 5) is 22.6. The van der Waals surface area contributed by atoms with Gasteiger partial charge in [0.2, 0.25) is 0 Å². The van der Waals surface area contributed by atoms with Crippen molar-refractivity contribution in [2.24, 2.45) is 11.8 Å². The number of hydrogen-bond acceptors (Lipinski definition) is 6. The average Bonchev–Trinajstić information content (AvgIpc) is 3.05. The molecule has 2 bridgehead atoms. The zero-order chi connectivity index (χ0) is 16.9. The van der Waals surface area contributed by atoms with E-state index in [0.29, 0.717) is 6.61 Å². The Labute approximate surface area is 129 Å². The van der Waals surface area contributed by atoms with Crippen LogP contribution in [0.15, 0.2) is 12.2 Å².